The lowest BCUT2D eigenvalue weighted by Gasteiger charge is -2.13. The van der Waals surface area contributed by atoms with Crippen LogP contribution in [0.4, 0.5) is 0 Å². The van der Waals surface area contributed by atoms with Gasteiger partial charge in [0.15, 0.2) is 11.5 Å². The van der Waals surface area contributed by atoms with E-state index in [9.17, 15) is 0 Å². The molecule has 0 aliphatic carbocycles. The first-order valence-corrected chi connectivity index (χ1v) is 7.80. The third-order valence-corrected chi connectivity index (χ3v) is 3.30. The van der Waals surface area contributed by atoms with E-state index >= 15 is 0 Å². The van der Waals surface area contributed by atoms with Gasteiger partial charge in [-0.15, -0.1) is 0 Å². The van der Waals surface area contributed by atoms with Crippen molar-refractivity contribution in [1.82, 2.24) is 10.3 Å². The summed E-state index contributed by atoms with van der Waals surface area (Å²) in [6.45, 7) is 5.51. The molecule has 5 heteroatoms. The first-order valence-electron chi connectivity index (χ1n) is 7.80. The Morgan fingerprint density at radius 2 is 2.04 bits per heavy atom. The zero-order valence-electron chi connectivity index (χ0n) is 13.7. The van der Waals surface area contributed by atoms with Gasteiger partial charge in [0.1, 0.15) is 6.61 Å². The summed E-state index contributed by atoms with van der Waals surface area (Å²) in [6.07, 6.45) is 3.55. The number of aromatic nitrogens is 1. The molecule has 1 aromatic carbocycles. The van der Waals surface area contributed by atoms with Gasteiger partial charge in [-0.05, 0) is 30.7 Å². The van der Waals surface area contributed by atoms with Crippen molar-refractivity contribution in [3.63, 3.8) is 0 Å². The Morgan fingerprint density at radius 3 is 2.78 bits per heavy atom. The summed E-state index contributed by atoms with van der Waals surface area (Å²) < 4.78 is 16.6. The first-order chi connectivity index (χ1) is 11.3. The minimum atomic E-state index is 0.464. The van der Waals surface area contributed by atoms with E-state index in [1.54, 1.807) is 19.5 Å². The van der Waals surface area contributed by atoms with E-state index in [2.05, 4.69) is 10.3 Å². The molecule has 1 N–H and O–H groups in total. The minimum Gasteiger partial charge on any atom is -0.493 e. The fraction of sp³-hybridized carbons (Fsp3) is 0.389. The van der Waals surface area contributed by atoms with Crippen molar-refractivity contribution < 1.29 is 14.2 Å². The molecule has 1 aromatic heterocycles. The van der Waals surface area contributed by atoms with Crippen LogP contribution in [0.15, 0.2) is 42.7 Å². The quantitative estimate of drug-likeness (QED) is 0.683. The molecule has 0 amide bonds. The Kier molecular flexibility index (Phi) is 7.36. The van der Waals surface area contributed by atoms with Crippen LogP contribution in [0, 0.1) is 0 Å². The monoisotopic (exact) mass is 316 g/mol. The lowest BCUT2D eigenvalue weighted by atomic mass is 10.2. The summed E-state index contributed by atoms with van der Waals surface area (Å²) in [6, 6.07) is 9.84. The van der Waals surface area contributed by atoms with Crippen LogP contribution < -0.4 is 14.8 Å². The standard InChI is InChI=1S/C18H24N2O3/c1-3-22-10-9-20-12-15-6-7-17(21-2)18(11-15)23-14-16-5-4-8-19-13-16/h4-8,11,13,20H,3,9-10,12,14H2,1-2H3. The predicted octanol–water partition coefficient (Wildman–Crippen LogP) is 2.80. The number of rotatable bonds is 10. The van der Waals surface area contributed by atoms with E-state index in [1.165, 1.54) is 0 Å². The van der Waals surface area contributed by atoms with Gasteiger partial charge in [0.25, 0.3) is 0 Å². The minimum absolute atomic E-state index is 0.464. The third-order valence-electron chi connectivity index (χ3n) is 3.30. The molecule has 124 valence electrons. The van der Waals surface area contributed by atoms with Crippen LogP contribution in [0.5, 0.6) is 11.5 Å². The first kappa shape index (κ1) is 17.2. The van der Waals surface area contributed by atoms with Crippen molar-refractivity contribution >= 4 is 0 Å². The van der Waals surface area contributed by atoms with Crippen molar-refractivity contribution in [2.45, 2.75) is 20.1 Å². The molecule has 0 bridgehead atoms. The molecule has 5 nitrogen and oxygen atoms in total. The summed E-state index contributed by atoms with van der Waals surface area (Å²) in [7, 11) is 1.65. The van der Waals surface area contributed by atoms with Gasteiger partial charge in [-0.25, -0.2) is 0 Å². The molecular weight excluding hydrogens is 292 g/mol. The highest BCUT2D eigenvalue weighted by atomic mass is 16.5. The number of benzene rings is 1. The molecular formula is C18H24N2O3. The summed E-state index contributed by atoms with van der Waals surface area (Å²) in [5, 5.41) is 3.34. The van der Waals surface area contributed by atoms with Crippen LogP contribution in [0.3, 0.4) is 0 Å². The van der Waals surface area contributed by atoms with E-state index in [1.807, 2.05) is 37.3 Å². The molecule has 23 heavy (non-hydrogen) atoms. The number of nitrogens with zero attached hydrogens (tertiary/aromatic N) is 1. The highest BCUT2D eigenvalue weighted by molar-refractivity contribution is 5.43. The van der Waals surface area contributed by atoms with E-state index in [-0.39, 0.29) is 0 Å². The molecule has 0 fully saturated rings. The van der Waals surface area contributed by atoms with E-state index in [0.29, 0.717) is 6.61 Å². The molecule has 1 heterocycles. The molecule has 0 saturated heterocycles. The van der Waals surface area contributed by atoms with Crippen LogP contribution >= 0.6 is 0 Å². The second kappa shape index (κ2) is 9.82. The molecule has 0 unspecified atom stereocenters. The Morgan fingerprint density at radius 1 is 1.13 bits per heavy atom. The molecule has 0 atom stereocenters. The molecule has 0 radical (unpaired) electrons. The smallest absolute Gasteiger partial charge is 0.161 e. The van der Waals surface area contributed by atoms with Crippen LogP contribution in [-0.4, -0.2) is 31.9 Å². The summed E-state index contributed by atoms with van der Waals surface area (Å²) in [5.41, 5.74) is 2.17. The van der Waals surface area contributed by atoms with Crippen LogP contribution in [0.25, 0.3) is 0 Å². The highest BCUT2D eigenvalue weighted by Gasteiger charge is 2.06. The highest BCUT2D eigenvalue weighted by Crippen LogP contribution is 2.28. The van der Waals surface area contributed by atoms with Gasteiger partial charge >= 0.3 is 0 Å². The Bertz CT molecular complexity index is 576. The van der Waals surface area contributed by atoms with Crippen molar-refractivity contribution in [2.24, 2.45) is 0 Å². The van der Waals surface area contributed by atoms with E-state index < -0.39 is 0 Å². The fourth-order valence-electron chi connectivity index (χ4n) is 2.11. The number of ether oxygens (including phenoxy) is 3. The van der Waals surface area contributed by atoms with Gasteiger partial charge in [0.2, 0.25) is 0 Å². The van der Waals surface area contributed by atoms with Gasteiger partial charge < -0.3 is 19.5 Å². The molecule has 2 aromatic rings. The van der Waals surface area contributed by atoms with Crippen LogP contribution in [0.1, 0.15) is 18.1 Å². The van der Waals surface area contributed by atoms with Crippen molar-refractivity contribution in [3.05, 3.63) is 53.9 Å². The number of hydrogen-bond donors (Lipinski definition) is 1. The summed E-state index contributed by atoms with van der Waals surface area (Å²) in [4.78, 5) is 4.09. The number of methoxy groups -OCH3 is 1. The molecule has 0 saturated carbocycles. The molecule has 0 aliphatic rings. The zero-order valence-corrected chi connectivity index (χ0v) is 13.7. The Labute approximate surface area is 137 Å². The van der Waals surface area contributed by atoms with Gasteiger partial charge in [-0.3, -0.25) is 4.98 Å². The maximum absolute atomic E-state index is 5.88. The fourth-order valence-corrected chi connectivity index (χ4v) is 2.11. The largest absolute Gasteiger partial charge is 0.493 e. The summed E-state index contributed by atoms with van der Waals surface area (Å²) >= 11 is 0. The molecule has 0 aliphatic heterocycles. The van der Waals surface area contributed by atoms with Crippen molar-refractivity contribution in [1.29, 1.82) is 0 Å². The van der Waals surface area contributed by atoms with Crippen LogP contribution in [0.2, 0.25) is 0 Å². The average Bonchev–Trinajstić information content (AvgIpc) is 2.61. The van der Waals surface area contributed by atoms with E-state index in [4.69, 9.17) is 14.2 Å². The van der Waals surface area contributed by atoms with E-state index in [0.717, 1.165) is 48.9 Å². The maximum Gasteiger partial charge on any atom is 0.161 e. The second-order valence-electron chi connectivity index (χ2n) is 5.01. The number of nitrogens with one attached hydrogen (secondary N) is 1. The average molecular weight is 316 g/mol. The Balaban J connectivity index is 1.92. The summed E-state index contributed by atoms with van der Waals surface area (Å²) in [5.74, 6) is 1.47. The normalized spacial score (nSPS) is 10.5. The number of pyridine rings is 1. The van der Waals surface area contributed by atoms with Gasteiger partial charge in [0.05, 0.1) is 13.7 Å². The van der Waals surface area contributed by atoms with Gasteiger partial charge in [-0.1, -0.05) is 12.1 Å². The van der Waals surface area contributed by atoms with Gasteiger partial charge in [-0.2, -0.15) is 0 Å². The van der Waals surface area contributed by atoms with Crippen molar-refractivity contribution in [3.8, 4) is 11.5 Å². The molecule has 0 spiro atoms. The molecule has 2 rings (SSSR count). The predicted molar refractivity (Wildman–Crippen MR) is 89.8 cm³/mol. The zero-order chi connectivity index (χ0) is 16.3. The lowest BCUT2D eigenvalue weighted by Crippen LogP contribution is -2.19. The number of hydrogen-bond acceptors (Lipinski definition) is 5. The van der Waals surface area contributed by atoms with Gasteiger partial charge in [0, 0.05) is 37.7 Å². The second-order valence-corrected chi connectivity index (χ2v) is 5.01. The third kappa shape index (κ3) is 5.88. The van der Waals surface area contributed by atoms with Crippen molar-refractivity contribution in [2.75, 3.05) is 26.9 Å². The SMILES string of the molecule is CCOCCNCc1ccc(OC)c(OCc2cccnc2)c1. The Hall–Kier alpha value is -2.11. The topological polar surface area (TPSA) is 52.6 Å². The lowest BCUT2D eigenvalue weighted by molar-refractivity contribution is 0.149. The maximum atomic E-state index is 5.88. The van der Waals surface area contributed by atoms with Crippen LogP contribution in [-0.2, 0) is 17.9 Å².